The average Bonchev–Trinajstić information content (AvgIpc) is 3.70. The number of fused-ring (bicyclic) bond motifs is 1. The van der Waals surface area contributed by atoms with Crippen LogP contribution in [0, 0.1) is 0 Å². The largest absolute Gasteiger partial charge is 0.370 e. The number of hydrogen-bond acceptors (Lipinski definition) is 8. The molecule has 1 spiro atoms. The van der Waals surface area contributed by atoms with E-state index in [2.05, 4.69) is 41.9 Å². The lowest BCUT2D eigenvalue weighted by molar-refractivity contribution is -0.137. The van der Waals surface area contributed by atoms with Gasteiger partial charge in [-0.2, -0.15) is 0 Å². The summed E-state index contributed by atoms with van der Waals surface area (Å²) in [5.74, 6) is -5.49. The van der Waals surface area contributed by atoms with E-state index >= 15 is 0 Å². The summed E-state index contributed by atoms with van der Waals surface area (Å²) >= 11 is 0. The lowest BCUT2D eigenvalue weighted by Crippen LogP contribution is -2.64. The molecule has 18 heteroatoms. The molecule has 64 heavy (non-hydrogen) atoms. The van der Waals surface area contributed by atoms with Crippen molar-refractivity contribution in [3.63, 3.8) is 0 Å². The number of para-hydroxylation sites is 1. The summed E-state index contributed by atoms with van der Waals surface area (Å²) in [6, 6.07) is 20.8. The van der Waals surface area contributed by atoms with Gasteiger partial charge >= 0.3 is 0 Å². The number of aromatic amines is 1. The van der Waals surface area contributed by atoms with Crippen molar-refractivity contribution in [1.29, 1.82) is 0 Å². The normalized spacial score (nSPS) is 24.5. The third-order valence-corrected chi connectivity index (χ3v) is 11.6. The molecule has 1 fully saturated rings. The highest BCUT2D eigenvalue weighted by Crippen LogP contribution is 2.38. The van der Waals surface area contributed by atoms with E-state index in [4.69, 9.17) is 17.2 Å². The van der Waals surface area contributed by atoms with Crippen LogP contribution in [-0.4, -0.2) is 95.1 Å². The van der Waals surface area contributed by atoms with Gasteiger partial charge in [-0.1, -0.05) is 78.9 Å². The topological polar surface area (TPSA) is 298 Å². The monoisotopic (exact) mass is 873 g/mol. The zero-order valence-electron chi connectivity index (χ0n) is 35.3. The molecular weight excluding hydrogens is 819 g/mol. The molecule has 1 aliphatic heterocycles. The van der Waals surface area contributed by atoms with Crippen LogP contribution in [-0.2, 0) is 46.4 Å². The molecule has 7 amide bonds. The SMILES string of the molecule is NC(=O)[C@@H]1CNC(=O)/C=C\C(=O)NC2(CCC(c3ccccc3)CC2)C(=O)N[C@H](Cc2ccccc2)C(=O)N[C@@H](CCCN=C(N)N)C(=O)N[C@@H](Cc2c[nH]c3ccccc23)C(=O)N1. The van der Waals surface area contributed by atoms with Crippen molar-refractivity contribution in [3.8, 4) is 0 Å². The van der Waals surface area contributed by atoms with E-state index in [1.54, 1.807) is 30.5 Å². The van der Waals surface area contributed by atoms with Crippen molar-refractivity contribution in [2.24, 2.45) is 22.2 Å². The third kappa shape index (κ3) is 12.3. The van der Waals surface area contributed by atoms with Crippen molar-refractivity contribution in [1.82, 2.24) is 36.9 Å². The van der Waals surface area contributed by atoms with Gasteiger partial charge in [-0.05, 0) is 67.2 Å². The van der Waals surface area contributed by atoms with Gasteiger partial charge < -0.3 is 54.1 Å². The Bertz CT molecular complexity index is 2370. The maximum absolute atomic E-state index is 14.7. The molecule has 13 N–H and O–H groups in total. The molecule has 1 saturated carbocycles. The number of benzene rings is 3. The average molecular weight is 874 g/mol. The second-order valence-corrected chi connectivity index (χ2v) is 16.1. The number of aromatic nitrogens is 1. The Hall–Kier alpha value is -7.50. The van der Waals surface area contributed by atoms with Crippen LogP contribution >= 0.6 is 0 Å². The Kier molecular flexibility index (Phi) is 15.5. The highest BCUT2D eigenvalue weighted by Gasteiger charge is 2.44. The summed E-state index contributed by atoms with van der Waals surface area (Å²) in [6.07, 6.45) is 5.24. The maximum atomic E-state index is 14.7. The lowest BCUT2D eigenvalue weighted by Gasteiger charge is -2.40. The van der Waals surface area contributed by atoms with Crippen molar-refractivity contribution in [2.75, 3.05) is 13.1 Å². The summed E-state index contributed by atoms with van der Waals surface area (Å²) in [5.41, 5.74) is 18.5. The first-order valence-corrected chi connectivity index (χ1v) is 21.3. The highest BCUT2D eigenvalue weighted by atomic mass is 16.2. The molecule has 336 valence electrons. The first kappa shape index (κ1) is 46.0. The van der Waals surface area contributed by atoms with Gasteiger partial charge in [0.2, 0.25) is 41.4 Å². The number of amides is 7. The second-order valence-electron chi connectivity index (χ2n) is 16.1. The molecule has 6 rings (SSSR count). The number of hydrogen-bond donors (Lipinski definition) is 10. The van der Waals surface area contributed by atoms with Crippen LogP contribution in [0.2, 0.25) is 0 Å². The van der Waals surface area contributed by atoms with Crippen molar-refractivity contribution < 1.29 is 33.6 Å². The van der Waals surface area contributed by atoms with E-state index in [-0.39, 0.29) is 56.9 Å². The Morgan fingerprint density at radius 2 is 1.30 bits per heavy atom. The molecule has 2 aliphatic rings. The van der Waals surface area contributed by atoms with Crippen LogP contribution in [0.15, 0.2) is 108 Å². The maximum Gasteiger partial charge on any atom is 0.246 e. The second kappa shape index (κ2) is 21.5. The molecule has 0 radical (unpaired) electrons. The standard InChI is InChI=1S/C46H55N11O7/c47-40(60)37-27-52-38(58)17-18-39(59)57-46(21-19-30(20-22-46)29-12-5-2-6-13-29)44(64)56-35(24-28-10-3-1-4-11-28)42(62)53-34(16-9-23-50-45(48)49)41(61)54-36(43(63)55-37)25-31-26-51-33-15-8-7-14-32(31)33/h1-8,10-15,17-18,26,30,34-37,51H,9,16,19-25,27H2,(H2,47,60)(H,52,58)(H,53,62)(H,54,61)(H,55,63)(H,56,64)(H,57,59)(H4,48,49,50)/b18-17-/t30?,34-,35+,36-,37-,46?/m0/s1. The van der Waals surface area contributed by atoms with E-state index in [9.17, 15) is 33.6 Å². The molecule has 0 saturated heterocycles. The number of rotatable bonds is 10. The Balaban J connectivity index is 1.37. The van der Waals surface area contributed by atoms with Crippen LogP contribution < -0.4 is 49.1 Å². The summed E-state index contributed by atoms with van der Waals surface area (Å²) in [7, 11) is 0. The van der Waals surface area contributed by atoms with Gasteiger partial charge in [-0.3, -0.25) is 38.6 Å². The number of nitrogens with one attached hydrogen (secondary N) is 7. The minimum absolute atomic E-state index is 0.00489. The number of nitrogens with zero attached hydrogens (tertiary/aromatic N) is 1. The van der Waals surface area contributed by atoms with E-state index < -0.39 is 77.6 Å². The summed E-state index contributed by atoms with van der Waals surface area (Å²) in [4.78, 5) is 104. The van der Waals surface area contributed by atoms with Crippen LogP contribution in [0.1, 0.15) is 61.1 Å². The number of nitrogens with two attached hydrogens (primary N) is 3. The highest BCUT2D eigenvalue weighted by molar-refractivity contribution is 6.01. The fraction of sp³-hybridized carbons (Fsp3) is 0.348. The lowest BCUT2D eigenvalue weighted by atomic mass is 9.73. The first-order chi connectivity index (χ1) is 30.8. The smallest absolute Gasteiger partial charge is 0.246 e. The zero-order chi connectivity index (χ0) is 45.6. The Morgan fingerprint density at radius 1 is 0.688 bits per heavy atom. The summed E-state index contributed by atoms with van der Waals surface area (Å²) in [5, 5.41) is 17.1. The van der Waals surface area contributed by atoms with Gasteiger partial charge in [0, 0.05) is 55.2 Å². The van der Waals surface area contributed by atoms with Gasteiger partial charge in [0.25, 0.3) is 0 Å². The number of aliphatic imine (C=N–C) groups is 1. The molecule has 2 heterocycles. The molecule has 4 atom stereocenters. The van der Waals surface area contributed by atoms with Crippen molar-refractivity contribution >= 4 is 58.2 Å². The van der Waals surface area contributed by atoms with Crippen LogP contribution in [0.25, 0.3) is 10.9 Å². The molecule has 3 aromatic carbocycles. The van der Waals surface area contributed by atoms with Gasteiger partial charge in [0.05, 0.1) is 0 Å². The predicted molar refractivity (Wildman–Crippen MR) is 240 cm³/mol. The fourth-order valence-electron chi connectivity index (χ4n) is 8.17. The molecule has 18 nitrogen and oxygen atoms in total. The predicted octanol–water partition coefficient (Wildman–Crippen LogP) is 0.330. The molecule has 0 unspecified atom stereocenters. The molecule has 1 aromatic heterocycles. The zero-order valence-corrected chi connectivity index (χ0v) is 35.3. The van der Waals surface area contributed by atoms with Crippen LogP contribution in [0.5, 0.6) is 0 Å². The van der Waals surface area contributed by atoms with Crippen molar-refractivity contribution in [3.05, 3.63) is 120 Å². The first-order valence-electron chi connectivity index (χ1n) is 21.3. The minimum Gasteiger partial charge on any atom is -0.370 e. The Morgan fingerprint density at radius 3 is 2.00 bits per heavy atom. The molecule has 1 aliphatic carbocycles. The van der Waals surface area contributed by atoms with E-state index in [1.807, 2.05) is 60.7 Å². The van der Waals surface area contributed by atoms with Gasteiger partial charge in [0.1, 0.15) is 29.7 Å². The number of carbonyl (C=O) groups is 7. The van der Waals surface area contributed by atoms with Gasteiger partial charge in [-0.15, -0.1) is 0 Å². The van der Waals surface area contributed by atoms with Gasteiger partial charge in [0.15, 0.2) is 5.96 Å². The number of guanidine groups is 1. The fourth-order valence-corrected chi connectivity index (χ4v) is 8.17. The molecule has 4 aromatic rings. The molecule has 0 bridgehead atoms. The van der Waals surface area contributed by atoms with Crippen LogP contribution in [0.3, 0.4) is 0 Å². The number of carbonyl (C=O) groups excluding carboxylic acids is 7. The number of primary amides is 1. The summed E-state index contributed by atoms with van der Waals surface area (Å²) in [6.45, 7) is -0.350. The van der Waals surface area contributed by atoms with E-state index in [0.29, 0.717) is 24.0 Å². The van der Waals surface area contributed by atoms with E-state index in [1.165, 1.54) is 0 Å². The third-order valence-electron chi connectivity index (χ3n) is 11.6. The Labute approximate surface area is 370 Å². The summed E-state index contributed by atoms with van der Waals surface area (Å²) < 4.78 is 0. The van der Waals surface area contributed by atoms with Crippen molar-refractivity contribution in [2.45, 2.75) is 87.0 Å². The van der Waals surface area contributed by atoms with Gasteiger partial charge in [-0.25, -0.2) is 0 Å². The molecular formula is C46H55N11O7. The van der Waals surface area contributed by atoms with Crippen LogP contribution in [0.4, 0.5) is 0 Å². The van der Waals surface area contributed by atoms with E-state index in [0.717, 1.165) is 28.6 Å². The minimum atomic E-state index is -1.49. The quantitative estimate of drug-likeness (QED) is 0.0596. The number of H-pyrrole nitrogens is 1.